The van der Waals surface area contributed by atoms with Crippen LogP contribution in [0.25, 0.3) is 11.3 Å². The summed E-state index contributed by atoms with van der Waals surface area (Å²) in [4.78, 5) is 4.36. The third-order valence-electron chi connectivity index (χ3n) is 4.20. The molecule has 3 rings (SSSR count). The maximum absolute atomic E-state index is 5.96. The van der Waals surface area contributed by atoms with E-state index in [2.05, 4.69) is 10.3 Å². The van der Waals surface area contributed by atoms with Gasteiger partial charge < -0.3 is 20.5 Å². The summed E-state index contributed by atoms with van der Waals surface area (Å²) in [6, 6.07) is 12.1. The number of pyridine rings is 1. The van der Waals surface area contributed by atoms with Crippen LogP contribution in [0.1, 0.15) is 26.2 Å². The molecule has 1 aromatic heterocycles. The molecule has 24 heavy (non-hydrogen) atoms. The number of nitrogens with one attached hydrogen (secondary N) is 1. The first-order valence-corrected chi connectivity index (χ1v) is 8.62. The lowest BCUT2D eigenvalue weighted by atomic mass is 10.1. The third kappa shape index (κ3) is 4.17. The van der Waals surface area contributed by atoms with Gasteiger partial charge in [0, 0.05) is 11.6 Å². The first-order valence-electron chi connectivity index (χ1n) is 8.62. The van der Waals surface area contributed by atoms with Gasteiger partial charge in [0.2, 0.25) is 0 Å². The molecule has 1 fully saturated rings. The highest BCUT2D eigenvalue weighted by Gasteiger charge is 2.14. The van der Waals surface area contributed by atoms with Gasteiger partial charge in [-0.25, -0.2) is 4.98 Å². The Bertz CT molecular complexity index is 669. The Kier molecular flexibility index (Phi) is 5.54. The van der Waals surface area contributed by atoms with Crippen molar-refractivity contribution in [2.75, 3.05) is 25.5 Å². The Morgan fingerprint density at radius 1 is 1.21 bits per heavy atom. The Morgan fingerprint density at radius 3 is 2.88 bits per heavy atom. The highest BCUT2D eigenvalue weighted by Crippen LogP contribution is 2.32. The lowest BCUT2D eigenvalue weighted by Crippen LogP contribution is -2.23. The fourth-order valence-electron chi connectivity index (χ4n) is 2.98. The van der Waals surface area contributed by atoms with Crippen LogP contribution in [-0.4, -0.2) is 30.8 Å². The predicted molar refractivity (Wildman–Crippen MR) is 96.4 cm³/mol. The predicted octanol–water partition coefficient (Wildman–Crippen LogP) is 3.25. The molecule has 1 aliphatic heterocycles. The summed E-state index contributed by atoms with van der Waals surface area (Å²) < 4.78 is 11.7. The van der Waals surface area contributed by atoms with Crippen molar-refractivity contribution in [1.29, 1.82) is 0 Å². The molecule has 1 saturated heterocycles. The van der Waals surface area contributed by atoms with Gasteiger partial charge in [-0.1, -0.05) is 6.07 Å². The van der Waals surface area contributed by atoms with E-state index in [0.29, 0.717) is 25.1 Å². The Hall–Kier alpha value is -2.27. The average molecular weight is 327 g/mol. The summed E-state index contributed by atoms with van der Waals surface area (Å²) >= 11 is 0. The molecule has 5 heteroatoms. The fraction of sp³-hybridized carbons (Fsp3) is 0.421. The zero-order valence-corrected chi connectivity index (χ0v) is 14.1. The van der Waals surface area contributed by atoms with Crippen molar-refractivity contribution < 1.29 is 9.47 Å². The van der Waals surface area contributed by atoms with E-state index < -0.39 is 0 Å². The van der Waals surface area contributed by atoms with Crippen molar-refractivity contribution in [3.8, 4) is 22.8 Å². The SMILES string of the molecule is CCOc1cc(-c2cccc(N)n2)ccc1OCCC1CCCN1. The van der Waals surface area contributed by atoms with Crippen LogP contribution >= 0.6 is 0 Å². The summed E-state index contributed by atoms with van der Waals surface area (Å²) in [6.07, 6.45) is 3.52. The molecule has 2 heterocycles. The Labute approximate surface area is 143 Å². The number of aromatic nitrogens is 1. The van der Waals surface area contributed by atoms with E-state index in [1.165, 1.54) is 12.8 Å². The quantitative estimate of drug-likeness (QED) is 0.817. The van der Waals surface area contributed by atoms with Crippen LogP contribution in [-0.2, 0) is 0 Å². The van der Waals surface area contributed by atoms with Crippen molar-refractivity contribution in [2.45, 2.75) is 32.2 Å². The first kappa shape index (κ1) is 16.6. The lowest BCUT2D eigenvalue weighted by molar-refractivity contribution is 0.263. The van der Waals surface area contributed by atoms with Crippen molar-refractivity contribution in [1.82, 2.24) is 10.3 Å². The second kappa shape index (κ2) is 8.02. The number of hydrogen-bond donors (Lipinski definition) is 2. The van der Waals surface area contributed by atoms with Gasteiger partial charge >= 0.3 is 0 Å². The molecule has 1 aliphatic rings. The lowest BCUT2D eigenvalue weighted by Gasteiger charge is -2.15. The van der Waals surface area contributed by atoms with Gasteiger partial charge in [0.05, 0.1) is 18.9 Å². The smallest absolute Gasteiger partial charge is 0.161 e. The van der Waals surface area contributed by atoms with E-state index in [1.54, 1.807) is 6.07 Å². The molecule has 128 valence electrons. The maximum atomic E-state index is 5.96. The minimum absolute atomic E-state index is 0.509. The second-order valence-corrected chi connectivity index (χ2v) is 5.97. The number of ether oxygens (including phenoxy) is 2. The van der Waals surface area contributed by atoms with E-state index in [1.807, 2.05) is 37.3 Å². The van der Waals surface area contributed by atoms with Gasteiger partial charge in [-0.2, -0.15) is 0 Å². The summed E-state index contributed by atoms with van der Waals surface area (Å²) in [5.74, 6) is 2.04. The molecule has 1 aromatic carbocycles. The van der Waals surface area contributed by atoms with Crippen LogP contribution in [0.15, 0.2) is 36.4 Å². The fourth-order valence-corrected chi connectivity index (χ4v) is 2.98. The molecule has 1 unspecified atom stereocenters. The molecule has 2 aromatic rings. The first-order chi connectivity index (χ1) is 11.8. The molecule has 0 radical (unpaired) electrons. The summed E-state index contributed by atoms with van der Waals surface area (Å²) in [6.45, 7) is 4.37. The minimum Gasteiger partial charge on any atom is -0.490 e. The highest BCUT2D eigenvalue weighted by molar-refractivity contribution is 5.65. The zero-order valence-electron chi connectivity index (χ0n) is 14.1. The second-order valence-electron chi connectivity index (χ2n) is 5.97. The van der Waals surface area contributed by atoms with Crippen LogP contribution in [0, 0.1) is 0 Å². The third-order valence-corrected chi connectivity index (χ3v) is 4.20. The summed E-state index contributed by atoms with van der Waals surface area (Å²) in [5.41, 5.74) is 7.57. The van der Waals surface area contributed by atoms with Crippen LogP contribution in [0.2, 0.25) is 0 Å². The molecule has 5 nitrogen and oxygen atoms in total. The van der Waals surface area contributed by atoms with E-state index in [0.717, 1.165) is 35.7 Å². The topological polar surface area (TPSA) is 69.4 Å². The molecule has 0 aliphatic carbocycles. The number of benzene rings is 1. The number of rotatable bonds is 7. The Morgan fingerprint density at radius 2 is 2.12 bits per heavy atom. The number of nitrogens with two attached hydrogens (primary N) is 1. The monoisotopic (exact) mass is 327 g/mol. The van der Waals surface area contributed by atoms with Crippen molar-refractivity contribution in [3.05, 3.63) is 36.4 Å². The van der Waals surface area contributed by atoms with Crippen molar-refractivity contribution >= 4 is 5.82 Å². The van der Waals surface area contributed by atoms with Crippen LogP contribution in [0.3, 0.4) is 0 Å². The number of hydrogen-bond acceptors (Lipinski definition) is 5. The number of nitrogens with zero attached hydrogens (tertiary/aromatic N) is 1. The van der Waals surface area contributed by atoms with Crippen molar-refractivity contribution in [3.63, 3.8) is 0 Å². The Balaban J connectivity index is 1.71. The molecule has 3 N–H and O–H groups in total. The van der Waals surface area contributed by atoms with Crippen molar-refractivity contribution in [2.24, 2.45) is 0 Å². The van der Waals surface area contributed by atoms with Crippen LogP contribution in [0.4, 0.5) is 5.82 Å². The van der Waals surface area contributed by atoms with Gasteiger partial charge in [-0.3, -0.25) is 0 Å². The molecular weight excluding hydrogens is 302 g/mol. The molecule has 0 bridgehead atoms. The summed E-state index contributed by atoms with van der Waals surface area (Å²) in [7, 11) is 0. The summed E-state index contributed by atoms with van der Waals surface area (Å²) in [5, 5.41) is 3.49. The zero-order chi connectivity index (χ0) is 16.8. The van der Waals surface area contributed by atoms with E-state index in [4.69, 9.17) is 15.2 Å². The standard InChI is InChI=1S/C19H25N3O2/c1-2-23-18-13-14(16-6-3-7-19(20)22-16)8-9-17(18)24-12-10-15-5-4-11-21-15/h3,6-9,13,15,21H,2,4-5,10-12H2,1H3,(H2,20,22). The van der Waals surface area contributed by atoms with E-state index in [-0.39, 0.29) is 0 Å². The van der Waals surface area contributed by atoms with Crippen LogP contribution < -0.4 is 20.5 Å². The highest BCUT2D eigenvalue weighted by atomic mass is 16.5. The van der Waals surface area contributed by atoms with Gasteiger partial charge in [0.1, 0.15) is 5.82 Å². The number of anilines is 1. The van der Waals surface area contributed by atoms with Gasteiger partial charge in [0.25, 0.3) is 0 Å². The largest absolute Gasteiger partial charge is 0.490 e. The molecule has 0 saturated carbocycles. The maximum Gasteiger partial charge on any atom is 0.161 e. The molecule has 1 atom stereocenters. The number of nitrogen functional groups attached to an aromatic ring is 1. The molecule has 0 spiro atoms. The average Bonchev–Trinajstić information content (AvgIpc) is 3.10. The molecule has 0 amide bonds. The van der Waals surface area contributed by atoms with Gasteiger partial charge in [-0.05, 0) is 63.1 Å². The van der Waals surface area contributed by atoms with Gasteiger partial charge in [0.15, 0.2) is 11.5 Å². The van der Waals surface area contributed by atoms with E-state index >= 15 is 0 Å². The minimum atomic E-state index is 0.509. The molecular formula is C19H25N3O2. The van der Waals surface area contributed by atoms with Gasteiger partial charge in [-0.15, -0.1) is 0 Å². The van der Waals surface area contributed by atoms with E-state index in [9.17, 15) is 0 Å². The van der Waals surface area contributed by atoms with Crippen LogP contribution in [0.5, 0.6) is 11.5 Å². The normalized spacial score (nSPS) is 17.0.